The number of ether oxygens (including phenoxy) is 1. The molecule has 0 saturated carbocycles. The third-order valence-electron chi connectivity index (χ3n) is 2.96. The van der Waals surface area contributed by atoms with Gasteiger partial charge in [-0.15, -0.1) is 13.2 Å². The zero-order valence-electron chi connectivity index (χ0n) is 13.8. The zero-order chi connectivity index (χ0) is 19.3. The quantitative estimate of drug-likeness (QED) is 0.846. The van der Waals surface area contributed by atoms with E-state index in [0.717, 1.165) is 6.07 Å². The van der Waals surface area contributed by atoms with Gasteiger partial charge in [-0.2, -0.15) is 0 Å². The van der Waals surface area contributed by atoms with Crippen molar-refractivity contribution in [2.45, 2.75) is 26.8 Å². The van der Waals surface area contributed by atoms with Crippen molar-refractivity contribution in [1.82, 2.24) is 15.3 Å². The molecule has 0 bridgehead atoms. The lowest BCUT2D eigenvalue weighted by molar-refractivity contribution is -0.274. The van der Waals surface area contributed by atoms with Crippen molar-refractivity contribution in [3.63, 3.8) is 0 Å². The van der Waals surface area contributed by atoms with E-state index in [1.54, 1.807) is 6.92 Å². The van der Waals surface area contributed by atoms with Gasteiger partial charge in [-0.05, 0) is 30.7 Å². The zero-order valence-corrected chi connectivity index (χ0v) is 13.8. The normalized spacial score (nSPS) is 11.0. The van der Waals surface area contributed by atoms with Crippen LogP contribution in [-0.4, -0.2) is 28.1 Å². The first-order valence-corrected chi connectivity index (χ1v) is 7.38. The van der Waals surface area contributed by atoms with Crippen molar-refractivity contribution in [1.29, 1.82) is 0 Å². The monoisotopic (exact) mass is 368 g/mol. The van der Waals surface area contributed by atoms with Gasteiger partial charge >= 0.3 is 6.36 Å². The highest BCUT2D eigenvalue weighted by Gasteiger charge is 2.31. The molecule has 26 heavy (non-hydrogen) atoms. The molecule has 7 nitrogen and oxygen atoms in total. The molecule has 0 unspecified atom stereocenters. The van der Waals surface area contributed by atoms with Gasteiger partial charge in [0.25, 0.3) is 5.91 Å². The average Bonchev–Trinajstić information content (AvgIpc) is 2.50. The summed E-state index contributed by atoms with van der Waals surface area (Å²) in [5, 5.41) is 4.91. The first-order valence-electron chi connectivity index (χ1n) is 7.38. The number of benzene rings is 1. The second-order valence-corrected chi connectivity index (χ2v) is 5.28. The van der Waals surface area contributed by atoms with Gasteiger partial charge in [-0.1, -0.05) is 12.1 Å². The average molecular weight is 368 g/mol. The van der Waals surface area contributed by atoms with Crippen LogP contribution in [0.15, 0.2) is 30.3 Å². The highest BCUT2D eigenvalue weighted by Crippen LogP contribution is 2.23. The molecule has 0 fully saturated rings. The van der Waals surface area contributed by atoms with Crippen LogP contribution in [0.2, 0.25) is 0 Å². The van der Waals surface area contributed by atoms with Crippen molar-refractivity contribution in [3.05, 3.63) is 47.3 Å². The molecule has 2 aromatic rings. The van der Waals surface area contributed by atoms with Gasteiger partial charge in [0.15, 0.2) is 0 Å². The maximum atomic E-state index is 12.2. The molecule has 0 radical (unpaired) electrons. The number of amides is 2. The minimum atomic E-state index is -4.79. The third kappa shape index (κ3) is 6.04. The van der Waals surface area contributed by atoms with Crippen LogP contribution >= 0.6 is 0 Å². The molecule has 1 heterocycles. The van der Waals surface area contributed by atoms with E-state index in [0.29, 0.717) is 11.3 Å². The Hall–Kier alpha value is -3.17. The lowest BCUT2D eigenvalue weighted by Crippen LogP contribution is -2.25. The predicted octanol–water partition coefficient (Wildman–Crippen LogP) is 2.57. The Kier molecular flexibility index (Phi) is 5.75. The lowest BCUT2D eigenvalue weighted by atomic mass is 10.2. The van der Waals surface area contributed by atoms with E-state index in [9.17, 15) is 22.8 Å². The van der Waals surface area contributed by atoms with E-state index in [2.05, 4.69) is 25.3 Å². The number of carbonyl (C=O) groups is 2. The van der Waals surface area contributed by atoms with Crippen molar-refractivity contribution < 1.29 is 27.5 Å². The summed E-state index contributed by atoms with van der Waals surface area (Å²) in [7, 11) is 0. The Balaban J connectivity index is 2.06. The molecule has 0 atom stereocenters. The fraction of sp³-hybridized carbons (Fsp3) is 0.250. The standard InChI is InChI=1S/C16H15F3N4O3/c1-9-6-13(23-15(21-9)22-10(2)24)14(25)20-8-11-4-3-5-12(7-11)26-16(17,18)19/h3-7H,8H2,1-2H3,(H,20,25)(H,21,22,23,24). The molecule has 0 aliphatic rings. The second kappa shape index (κ2) is 7.81. The maximum absolute atomic E-state index is 12.2. The number of halogens is 3. The number of aromatic nitrogens is 2. The molecule has 2 rings (SSSR count). The number of nitrogens with zero attached hydrogens (tertiary/aromatic N) is 2. The Morgan fingerprint density at radius 3 is 2.58 bits per heavy atom. The second-order valence-electron chi connectivity index (χ2n) is 5.28. The number of rotatable bonds is 5. The van der Waals surface area contributed by atoms with Crippen LogP contribution < -0.4 is 15.4 Å². The summed E-state index contributed by atoms with van der Waals surface area (Å²) in [6.45, 7) is 2.87. The third-order valence-corrected chi connectivity index (χ3v) is 2.96. The summed E-state index contributed by atoms with van der Waals surface area (Å²) >= 11 is 0. The summed E-state index contributed by atoms with van der Waals surface area (Å²) < 4.78 is 40.5. The van der Waals surface area contributed by atoms with Gasteiger partial charge in [0.2, 0.25) is 11.9 Å². The van der Waals surface area contributed by atoms with Crippen molar-refractivity contribution >= 4 is 17.8 Å². The Morgan fingerprint density at radius 2 is 1.92 bits per heavy atom. The Morgan fingerprint density at radius 1 is 1.19 bits per heavy atom. The Bertz CT molecular complexity index is 825. The SMILES string of the molecule is CC(=O)Nc1nc(C)cc(C(=O)NCc2cccc(OC(F)(F)F)c2)n1. The molecule has 0 saturated heterocycles. The molecule has 2 N–H and O–H groups in total. The van der Waals surface area contributed by atoms with Gasteiger partial charge in [0.05, 0.1) is 0 Å². The smallest absolute Gasteiger partial charge is 0.406 e. The van der Waals surface area contributed by atoms with E-state index >= 15 is 0 Å². The van der Waals surface area contributed by atoms with Crippen LogP contribution in [-0.2, 0) is 11.3 Å². The van der Waals surface area contributed by atoms with E-state index in [1.165, 1.54) is 31.2 Å². The minimum absolute atomic E-state index is 0.0109. The first kappa shape index (κ1) is 19.2. The fourth-order valence-electron chi connectivity index (χ4n) is 2.02. The van der Waals surface area contributed by atoms with E-state index in [1.807, 2.05) is 0 Å². The largest absolute Gasteiger partial charge is 0.573 e. The van der Waals surface area contributed by atoms with Crippen LogP contribution in [0.3, 0.4) is 0 Å². The van der Waals surface area contributed by atoms with Gasteiger partial charge in [0, 0.05) is 19.2 Å². The summed E-state index contributed by atoms with van der Waals surface area (Å²) in [5.74, 6) is -1.34. The number of hydrogen-bond acceptors (Lipinski definition) is 5. The highest BCUT2D eigenvalue weighted by molar-refractivity contribution is 5.93. The number of aryl methyl sites for hydroxylation is 1. The molecular formula is C16H15F3N4O3. The predicted molar refractivity (Wildman–Crippen MR) is 85.4 cm³/mol. The molecule has 10 heteroatoms. The maximum Gasteiger partial charge on any atom is 0.573 e. The van der Waals surface area contributed by atoms with Crippen LogP contribution in [0.25, 0.3) is 0 Å². The summed E-state index contributed by atoms with van der Waals surface area (Å²) in [4.78, 5) is 31.2. The summed E-state index contributed by atoms with van der Waals surface area (Å²) in [6.07, 6.45) is -4.79. The van der Waals surface area contributed by atoms with Crippen LogP contribution in [0, 0.1) is 6.92 Å². The van der Waals surface area contributed by atoms with E-state index in [-0.39, 0.29) is 29.8 Å². The van der Waals surface area contributed by atoms with Crippen molar-refractivity contribution in [2.24, 2.45) is 0 Å². The van der Waals surface area contributed by atoms with Gasteiger partial charge in [-0.25, -0.2) is 9.97 Å². The summed E-state index contributed by atoms with van der Waals surface area (Å²) in [6, 6.07) is 6.67. The molecule has 0 aliphatic heterocycles. The molecule has 0 spiro atoms. The van der Waals surface area contributed by atoms with E-state index < -0.39 is 12.3 Å². The van der Waals surface area contributed by atoms with Crippen LogP contribution in [0.1, 0.15) is 28.7 Å². The van der Waals surface area contributed by atoms with Gasteiger partial charge < -0.3 is 10.1 Å². The number of alkyl halides is 3. The van der Waals surface area contributed by atoms with Crippen molar-refractivity contribution in [2.75, 3.05) is 5.32 Å². The molecule has 138 valence electrons. The lowest BCUT2D eigenvalue weighted by Gasteiger charge is -2.11. The fourth-order valence-corrected chi connectivity index (χ4v) is 2.02. The Labute approximate surface area is 146 Å². The topological polar surface area (TPSA) is 93.2 Å². The molecule has 1 aromatic heterocycles. The molecule has 0 aliphatic carbocycles. The van der Waals surface area contributed by atoms with E-state index in [4.69, 9.17) is 0 Å². The molecule has 1 aromatic carbocycles. The van der Waals surface area contributed by atoms with Gasteiger partial charge in [-0.3, -0.25) is 14.9 Å². The summed E-state index contributed by atoms with van der Waals surface area (Å²) in [5.41, 5.74) is 0.895. The number of hydrogen-bond donors (Lipinski definition) is 2. The van der Waals surface area contributed by atoms with Crippen LogP contribution in [0.5, 0.6) is 5.75 Å². The molecule has 2 amide bonds. The van der Waals surface area contributed by atoms with Crippen molar-refractivity contribution in [3.8, 4) is 5.75 Å². The molecular weight excluding hydrogens is 353 g/mol. The highest BCUT2D eigenvalue weighted by atomic mass is 19.4. The number of anilines is 1. The number of carbonyl (C=O) groups excluding carboxylic acids is 2. The number of nitrogens with one attached hydrogen (secondary N) is 2. The van der Waals surface area contributed by atoms with Crippen LogP contribution in [0.4, 0.5) is 19.1 Å². The minimum Gasteiger partial charge on any atom is -0.406 e. The van der Waals surface area contributed by atoms with Gasteiger partial charge in [0.1, 0.15) is 11.4 Å². The first-order chi connectivity index (χ1) is 12.1.